The highest BCUT2D eigenvalue weighted by Gasteiger charge is 2.10. The van der Waals surface area contributed by atoms with Crippen LogP contribution in [0.2, 0.25) is 0 Å². The summed E-state index contributed by atoms with van der Waals surface area (Å²) in [5.74, 6) is 1.59. The van der Waals surface area contributed by atoms with Crippen molar-refractivity contribution in [1.82, 2.24) is 0 Å². The summed E-state index contributed by atoms with van der Waals surface area (Å²) in [5, 5.41) is 2.60. The molecule has 0 aliphatic rings. The summed E-state index contributed by atoms with van der Waals surface area (Å²) < 4.78 is 0. The highest BCUT2D eigenvalue weighted by atomic mass is 32.2. The van der Waals surface area contributed by atoms with E-state index in [1.54, 1.807) is 0 Å². The van der Waals surface area contributed by atoms with Crippen LogP contribution in [0, 0.1) is 5.92 Å². The first-order chi connectivity index (χ1) is 8.70. The number of fused-ring (bicyclic) bond motifs is 1. The van der Waals surface area contributed by atoms with E-state index in [0.717, 1.165) is 12.2 Å². The summed E-state index contributed by atoms with van der Waals surface area (Å²) in [5.41, 5.74) is 6.17. The molecule has 0 bridgehead atoms. The van der Waals surface area contributed by atoms with Crippen molar-refractivity contribution in [3.05, 3.63) is 42.5 Å². The van der Waals surface area contributed by atoms with Crippen LogP contribution in [-0.4, -0.2) is 11.8 Å². The Labute approximate surface area is 114 Å². The Morgan fingerprint density at radius 3 is 2.56 bits per heavy atom. The standard InChI is InChI=1S/C16H21NS/c1-3-12(2)16(17)11-18-15-9-8-13-6-4-5-7-14(13)10-15/h4-10,12,16H,3,11,17H2,1-2H3. The molecular weight excluding hydrogens is 238 g/mol. The third kappa shape index (κ3) is 3.27. The average molecular weight is 259 g/mol. The monoisotopic (exact) mass is 259 g/mol. The summed E-state index contributed by atoms with van der Waals surface area (Å²) in [6, 6.07) is 15.4. The van der Waals surface area contributed by atoms with Gasteiger partial charge in [-0.2, -0.15) is 0 Å². The zero-order chi connectivity index (χ0) is 13.0. The second-order valence-corrected chi connectivity index (χ2v) is 5.96. The first-order valence-electron chi connectivity index (χ1n) is 6.58. The van der Waals surface area contributed by atoms with E-state index in [-0.39, 0.29) is 6.04 Å². The number of rotatable bonds is 5. The second-order valence-electron chi connectivity index (χ2n) is 4.87. The summed E-state index contributed by atoms with van der Waals surface area (Å²) in [7, 11) is 0. The van der Waals surface area contributed by atoms with E-state index in [1.165, 1.54) is 15.7 Å². The Kier molecular flexibility index (Phi) is 4.67. The van der Waals surface area contributed by atoms with Crippen LogP contribution >= 0.6 is 11.8 Å². The number of nitrogens with two attached hydrogens (primary N) is 1. The molecule has 2 rings (SSSR count). The maximum atomic E-state index is 6.17. The minimum atomic E-state index is 0.284. The van der Waals surface area contributed by atoms with Crippen molar-refractivity contribution in [1.29, 1.82) is 0 Å². The summed E-state index contributed by atoms with van der Waals surface area (Å²) in [4.78, 5) is 1.31. The Morgan fingerprint density at radius 1 is 1.11 bits per heavy atom. The van der Waals surface area contributed by atoms with Crippen LogP contribution in [0.3, 0.4) is 0 Å². The van der Waals surface area contributed by atoms with Gasteiger partial charge in [0.25, 0.3) is 0 Å². The van der Waals surface area contributed by atoms with Gasteiger partial charge in [0.15, 0.2) is 0 Å². The highest BCUT2D eigenvalue weighted by molar-refractivity contribution is 7.99. The molecule has 2 aromatic carbocycles. The van der Waals surface area contributed by atoms with Gasteiger partial charge >= 0.3 is 0 Å². The Morgan fingerprint density at radius 2 is 1.83 bits per heavy atom. The molecule has 0 aromatic heterocycles. The molecule has 2 unspecified atom stereocenters. The van der Waals surface area contributed by atoms with Gasteiger partial charge < -0.3 is 5.73 Å². The van der Waals surface area contributed by atoms with Gasteiger partial charge in [0.2, 0.25) is 0 Å². The fraction of sp³-hybridized carbons (Fsp3) is 0.375. The minimum absolute atomic E-state index is 0.284. The molecule has 0 heterocycles. The predicted octanol–water partition coefficient (Wildman–Crippen LogP) is 4.31. The molecule has 96 valence electrons. The average Bonchev–Trinajstić information content (AvgIpc) is 2.43. The van der Waals surface area contributed by atoms with Crippen LogP contribution in [0.15, 0.2) is 47.4 Å². The quantitative estimate of drug-likeness (QED) is 0.810. The lowest BCUT2D eigenvalue weighted by Crippen LogP contribution is -2.30. The molecule has 18 heavy (non-hydrogen) atoms. The third-order valence-electron chi connectivity index (χ3n) is 3.54. The van der Waals surface area contributed by atoms with E-state index in [2.05, 4.69) is 56.3 Å². The van der Waals surface area contributed by atoms with Crippen LogP contribution in [0.5, 0.6) is 0 Å². The van der Waals surface area contributed by atoms with Gasteiger partial charge in [0, 0.05) is 16.7 Å². The molecule has 0 saturated carbocycles. The number of thioether (sulfide) groups is 1. The molecule has 2 heteroatoms. The van der Waals surface area contributed by atoms with Crippen LogP contribution in [-0.2, 0) is 0 Å². The zero-order valence-electron chi connectivity index (χ0n) is 11.1. The Bertz CT molecular complexity index is 509. The molecule has 0 aliphatic carbocycles. The molecule has 0 aliphatic heterocycles. The highest BCUT2D eigenvalue weighted by Crippen LogP contribution is 2.25. The predicted molar refractivity (Wildman–Crippen MR) is 82.1 cm³/mol. The molecular formula is C16H21NS. The van der Waals surface area contributed by atoms with Crippen molar-refractivity contribution in [2.75, 3.05) is 5.75 Å². The van der Waals surface area contributed by atoms with Gasteiger partial charge in [-0.3, -0.25) is 0 Å². The molecule has 2 N–H and O–H groups in total. The lowest BCUT2D eigenvalue weighted by molar-refractivity contribution is 0.475. The molecule has 2 atom stereocenters. The fourth-order valence-corrected chi connectivity index (χ4v) is 3.00. The zero-order valence-corrected chi connectivity index (χ0v) is 11.9. The van der Waals surface area contributed by atoms with E-state index in [9.17, 15) is 0 Å². The van der Waals surface area contributed by atoms with Crippen molar-refractivity contribution in [3.63, 3.8) is 0 Å². The topological polar surface area (TPSA) is 26.0 Å². The normalized spacial score (nSPS) is 14.6. The maximum Gasteiger partial charge on any atom is 0.0159 e. The molecule has 0 spiro atoms. The van der Waals surface area contributed by atoms with Gasteiger partial charge in [0.05, 0.1) is 0 Å². The van der Waals surface area contributed by atoms with Crippen molar-refractivity contribution >= 4 is 22.5 Å². The molecule has 0 amide bonds. The maximum absolute atomic E-state index is 6.17. The molecule has 0 radical (unpaired) electrons. The summed E-state index contributed by atoms with van der Waals surface area (Å²) in [6.07, 6.45) is 1.15. The minimum Gasteiger partial charge on any atom is -0.327 e. The van der Waals surface area contributed by atoms with Crippen molar-refractivity contribution in [2.45, 2.75) is 31.2 Å². The van der Waals surface area contributed by atoms with Gasteiger partial charge in [-0.25, -0.2) is 0 Å². The van der Waals surface area contributed by atoms with Crippen LogP contribution in [0.25, 0.3) is 10.8 Å². The first kappa shape index (κ1) is 13.4. The van der Waals surface area contributed by atoms with Crippen molar-refractivity contribution in [2.24, 2.45) is 11.7 Å². The first-order valence-corrected chi connectivity index (χ1v) is 7.56. The van der Waals surface area contributed by atoms with Gasteiger partial charge in [-0.1, -0.05) is 50.6 Å². The van der Waals surface area contributed by atoms with Crippen LogP contribution in [0.1, 0.15) is 20.3 Å². The third-order valence-corrected chi connectivity index (χ3v) is 4.68. The van der Waals surface area contributed by atoms with Crippen molar-refractivity contribution in [3.8, 4) is 0 Å². The molecule has 1 nitrogen and oxygen atoms in total. The Hall–Kier alpha value is -0.990. The summed E-state index contributed by atoms with van der Waals surface area (Å²) in [6.45, 7) is 4.43. The Balaban J connectivity index is 2.04. The van der Waals surface area contributed by atoms with Gasteiger partial charge in [0.1, 0.15) is 0 Å². The molecule has 0 fully saturated rings. The van der Waals surface area contributed by atoms with E-state index < -0.39 is 0 Å². The van der Waals surface area contributed by atoms with E-state index in [4.69, 9.17) is 5.73 Å². The van der Waals surface area contributed by atoms with Crippen LogP contribution < -0.4 is 5.73 Å². The molecule has 0 saturated heterocycles. The van der Waals surface area contributed by atoms with Gasteiger partial charge in [-0.05, 0) is 28.8 Å². The summed E-state index contributed by atoms with van der Waals surface area (Å²) >= 11 is 1.86. The van der Waals surface area contributed by atoms with E-state index in [1.807, 2.05) is 11.8 Å². The SMILES string of the molecule is CCC(C)C(N)CSc1ccc2ccccc2c1. The van der Waals surface area contributed by atoms with Crippen molar-refractivity contribution < 1.29 is 0 Å². The van der Waals surface area contributed by atoms with E-state index >= 15 is 0 Å². The largest absolute Gasteiger partial charge is 0.327 e. The smallest absolute Gasteiger partial charge is 0.0159 e. The second kappa shape index (κ2) is 6.26. The number of hydrogen-bond donors (Lipinski definition) is 1. The van der Waals surface area contributed by atoms with Gasteiger partial charge in [-0.15, -0.1) is 11.8 Å². The fourth-order valence-electron chi connectivity index (χ4n) is 1.92. The van der Waals surface area contributed by atoms with E-state index in [0.29, 0.717) is 5.92 Å². The lowest BCUT2D eigenvalue weighted by Gasteiger charge is -2.17. The number of benzene rings is 2. The number of hydrogen-bond acceptors (Lipinski definition) is 2. The lowest BCUT2D eigenvalue weighted by atomic mass is 10.0. The van der Waals surface area contributed by atoms with Crippen LogP contribution in [0.4, 0.5) is 0 Å². The molecule has 2 aromatic rings.